The fourth-order valence-electron chi connectivity index (χ4n) is 2.02. The van der Waals surface area contributed by atoms with Crippen LogP contribution in [-0.2, 0) is 19.9 Å². The van der Waals surface area contributed by atoms with E-state index in [1.54, 1.807) is 0 Å². The lowest BCUT2D eigenvalue weighted by Gasteiger charge is -2.19. The quantitative estimate of drug-likeness (QED) is 0.440. The molecule has 1 fully saturated rings. The van der Waals surface area contributed by atoms with Crippen molar-refractivity contribution in [2.75, 3.05) is 11.3 Å². The van der Waals surface area contributed by atoms with Crippen LogP contribution in [0.1, 0.15) is 19.3 Å². The highest BCUT2D eigenvalue weighted by molar-refractivity contribution is 8.06. The van der Waals surface area contributed by atoms with E-state index in [0.29, 0.717) is 12.8 Å². The molecule has 1 saturated carbocycles. The average molecular weight is 283 g/mol. The summed E-state index contributed by atoms with van der Waals surface area (Å²) >= 11 is 0. The summed E-state index contributed by atoms with van der Waals surface area (Å²) in [5, 5.41) is 6.41. The van der Waals surface area contributed by atoms with Gasteiger partial charge in [-0.1, -0.05) is 6.42 Å². The van der Waals surface area contributed by atoms with Gasteiger partial charge in [0.25, 0.3) is 0 Å². The molecule has 17 heavy (non-hydrogen) atoms. The van der Waals surface area contributed by atoms with Crippen molar-refractivity contribution in [2.24, 2.45) is 11.7 Å². The van der Waals surface area contributed by atoms with Gasteiger partial charge in [0.15, 0.2) is 14.9 Å². The van der Waals surface area contributed by atoms with Crippen molar-refractivity contribution in [3.63, 3.8) is 0 Å². The van der Waals surface area contributed by atoms with Crippen LogP contribution in [0, 0.1) is 11.3 Å². The third kappa shape index (κ3) is 4.60. The molecule has 2 atom stereocenters. The summed E-state index contributed by atoms with van der Waals surface area (Å²) < 4.78 is 47.4. The Morgan fingerprint density at radius 1 is 1.35 bits per heavy atom. The van der Waals surface area contributed by atoms with Gasteiger partial charge in [-0.05, 0) is 12.8 Å². The highest BCUT2D eigenvalue weighted by Gasteiger charge is 2.33. The molecule has 0 aromatic heterocycles. The van der Waals surface area contributed by atoms with Crippen LogP contribution in [0.15, 0.2) is 0 Å². The van der Waals surface area contributed by atoms with E-state index >= 15 is 0 Å². The predicted molar refractivity (Wildman–Crippen MR) is 64.8 cm³/mol. The third-order valence-electron chi connectivity index (χ3n) is 2.62. The molecule has 0 bridgehead atoms. The molecule has 7 nitrogen and oxygen atoms in total. The summed E-state index contributed by atoms with van der Waals surface area (Å²) in [5.74, 6) is -0.390. The standard InChI is InChI=1S/C8H17N3O4S2/c1-16(12,13)5-17(14,15)11-7-4-2-3-6(7)8(9)10/h6-7,11H,2-5H2,1H3,(H3,9,10). The number of hydrogen-bond acceptors (Lipinski definition) is 5. The second kappa shape index (κ2) is 4.91. The van der Waals surface area contributed by atoms with Crippen molar-refractivity contribution < 1.29 is 16.8 Å². The molecular weight excluding hydrogens is 266 g/mol. The van der Waals surface area contributed by atoms with Crippen LogP contribution in [0.2, 0.25) is 0 Å². The normalized spacial score (nSPS) is 25.9. The minimum absolute atomic E-state index is 0.0606. The van der Waals surface area contributed by atoms with Gasteiger partial charge in [0.2, 0.25) is 10.0 Å². The number of nitrogens with one attached hydrogen (secondary N) is 2. The zero-order valence-corrected chi connectivity index (χ0v) is 11.1. The summed E-state index contributed by atoms with van der Waals surface area (Å²) in [5.41, 5.74) is 5.36. The first-order valence-electron chi connectivity index (χ1n) is 5.12. The van der Waals surface area contributed by atoms with Gasteiger partial charge >= 0.3 is 0 Å². The zero-order chi connectivity index (χ0) is 13.3. The Morgan fingerprint density at radius 3 is 2.41 bits per heavy atom. The molecule has 2 unspecified atom stereocenters. The second-order valence-electron chi connectivity index (χ2n) is 4.38. The largest absolute Gasteiger partial charge is 0.387 e. The highest BCUT2D eigenvalue weighted by atomic mass is 32.3. The van der Waals surface area contributed by atoms with E-state index < -0.39 is 31.0 Å². The van der Waals surface area contributed by atoms with Crippen LogP contribution in [0.5, 0.6) is 0 Å². The maximum atomic E-state index is 11.6. The minimum atomic E-state index is -3.88. The van der Waals surface area contributed by atoms with Gasteiger partial charge in [0.1, 0.15) is 0 Å². The highest BCUT2D eigenvalue weighted by Crippen LogP contribution is 2.26. The number of hydrogen-bond donors (Lipinski definition) is 3. The molecule has 0 aromatic carbocycles. The van der Waals surface area contributed by atoms with Gasteiger partial charge in [-0.2, -0.15) is 0 Å². The van der Waals surface area contributed by atoms with Crippen molar-refractivity contribution in [1.29, 1.82) is 5.41 Å². The van der Waals surface area contributed by atoms with Crippen molar-refractivity contribution in [2.45, 2.75) is 25.3 Å². The van der Waals surface area contributed by atoms with Gasteiger partial charge in [-0.15, -0.1) is 0 Å². The number of sulfone groups is 1. The first kappa shape index (κ1) is 14.4. The molecule has 0 heterocycles. The van der Waals surface area contributed by atoms with E-state index in [0.717, 1.165) is 12.7 Å². The maximum absolute atomic E-state index is 11.6. The van der Waals surface area contributed by atoms with Crippen molar-refractivity contribution in [1.82, 2.24) is 4.72 Å². The van der Waals surface area contributed by atoms with Gasteiger partial charge < -0.3 is 5.73 Å². The Kier molecular flexibility index (Phi) is 4.15. The van der Waals surface area contributed by atoms with Crippen molar-refractivity contribution in [3.05, 3.63) is 0 Å². The zero-order valence-electron chi connectivity index (χ0n) is 9.51. The molecule has 0 saturated heterocycles. The van der Waals surface area contributed by atoms with E-state index in [1.807, 2.05) is 0 Å². The monoisotopic (exact) mass is 283 g/mol. The molecule has 0 radical (unpaired) electrons. The maximum Gasteiger partial charge on any atom is 0.226 e. The van der Waals surface area contributed by atoms with Crippen molar-refractivity contribution >= 4 is 25.7 Å². The SMILES string of the molecule is CS(=O)(=O)CS(=O)(=O)NC1CCCC1C(=N)N. The average Bonchev–Trinajstić information content (AvgIpc) is 2.45. The molecule has 9 heteroatoms. The molecule has 0 aromatic rings. The van der Waals surface area contributed by atoms with Gasteiger partial charge in [0.05, 0.1) is 5.84 Å². The fourth-order valence-corrected chi connectivity index (χ4v) is 5.29. The summed E-state index contributed by atoms with van der Waals surface area (Å²) in [6.07, 6.45) is 2.87. The first-order valence-corrected chi connectivity index (χ1v) is 8.84. The number of sulfonamides is 1. The smallest absolute Gasteiger partial charge is 0.226 e. The van der Waals surface area contributed by atoms with Crippen molar-refractivity contribution in [3.8, 4) is 0 Å². The van der Waals surface area contributed by atoms with E-state index in [-0.39, 0.29) is 11.8 Å². The summed E-state index contributed by atoms with van der Waals surface area (Å²) in [6, 6.07) is -0.459. The van der Waals surface area contributed by atoms with E-state index in [9.17, 15) is 16.8 Å². The van der Waals surface area contributed by atoms with E-state index in [4.69, 9.17) is 11.1 Å². The lowest BCUT2D eigenvalue weighted by atomic mass is 10.0. The molecule has 0 amide bonds. The lowest BCUT2D eigenvalue weighted by molar-refractivity contribution is 0.523. The van der Waals surface area contributed by atoms with Crippen LogP contribution >= 0.6 is 0 Å². The fraction of sp³-hybridized carbons (Fsp3) is 0.875. The van der Waals surface area contributed by atoms with Gasteiger partial charge in [-0.3, -0.25) is 5.41 Å². The number of rotatable bonds is 5. The molecule has 0 spiro atoms. The third-order valence-corrected chi connectivity index (χ3v) is 6.23. The summed E-state index contributed by atoms with van der Waals surface area (Å²) in [6.45, 7) is 0. The molecule has 1 aliphatic rings. The Labute approximate surface area is 101 Å². The Hall–Kier alpha value is -0.670. The number of amidine groups is 1. The lowest BCUT2D eigenvalue weighted by Crippen LogP contribution is -2.43. The topological polar surface area (TPSA) is 130 Å². The first-order chi connectivity index (χ1) is 7.61. The van der Waals surface area contributed by atoms with E-state index in [1.165, 1.54) is 0 Å². The Bertz CT molecular complexity index is 497. The van der Waals surface area contributed by atoms with E-state index in [2.05, 4.69) is 4.72 Å². The number of nitrogens with two attached hydrogens (primary N) is 1. The molecule has 1 aliphatic carbocycles. The van der Waals surface area contributed by atoms with Crippen LogP contribution in [-0.4, -0.2) is 40.1 Å². The molecule has 0 aliphatic heterocycles. The molecule has 1 rings (SSSR count). The van der Waals surface area contributed by atoms with Gasteiger partial charge in [-0.25, -0.2) is 21.6 Å². The summed E-state index contributed by atoms with van der Waals surface area (Å²) in [4.78, 5) is 0. The molecular formula is C8H17N3O4S2. The Morgan fingerprint density at radius 2 is 1.94 bits per heavy atom. The van der Waals surface area contributed by atoms with Crippen LogP contribution in [0.3, 0.4) is 0 Å². The van der Waals surface area contributed by atoms with Gasteiger partial charge in [0, 0.05) is 18.2 Å². The molecule has 4 N–H and O–H groups in total. The van der Waals surface area contributed by atoms with Crippen LogP contribution in [0.4, 0.5) is 0 Å². The Balaban J connectivity index is 2.74. The molecule has 100 valence electrons. The van der Waals surface area contributed by atoms with Crippen LogP contribution in [0.25, 0.3) is 0 Å². The minimum Gasteiger partial charge on any atom is -0.387 e. The predicted octanol–water partition coefficient (Wildman–Crippen LogP) is -0.987. The summed E-state index contributed by atoms with van der Waals surface area (Å²) in [7, 11) is -7.48. The van der Waals surface area contributed by atoms with Crippen LogP contribution < -0.4 is 10.5 Å². The second-order valence-corrected chi connectivity index (χ2v) is 8.63.